The lowest BCUT2D eigenvalue weighted by molar-refractivity contribution is -0.147. The summed E-state index contributed by atoms with van der Waals surface area (Å²) in [6, 6.07) is 13.2. The van der Waals surface area contributed by atoms with Gasteiger partial charge in [-0.2, -0.15) is 0 Å². The minimum Gasteiger partial charge on any atom is -0.481 e. The number of fused-ring (bicyclic) bond motifs is 1. The van der Waals surface area contributed by atoms with Gasteiger partial charge in [-0.25, -0.2) is 0 Å². The molecule has 2 N–H and O–H groups in total. The highest BCUT2D eigenvalue weighted by Gasteiger charge is 2.31. The summed E-state index contributed by atoms with van der Waals surface area (Å²) in [5.41, 5.74) is -0.399. The Labute approximate surface area is 123 Å². The van der Waals surface area contributed by atoms with E-state index >= 15 is 0 Å². The summed E-state index contributed by atoms with van der Waals surface area (Å²) in [6.07, 6.45) is 0.459. The molecule has 0 spiro atoms. The van der Waals surface area contributed by atoms with Crippen molar-refractivity contribution < 1.29 is 14.7 Å². The number of carboxylic acids is 1. The third-order valence-corrected chi connectivity index (χ3v) is 3.95. The van der Waals surface area contributed by atoms with Crippen molar-refractivity contribution in [3.05, 3.63) is 48.0 Å². The molecular formula is C17H19NO3. The number of benzene rings is 2. The highest BCUT2D eigenvalue weighted by atomic mass is 16.4. The normalized spacial score (nSPS) is 13.6. The standard InChI is InChI=1S/C17H19NO3/c1-3-17(2,16(20)21)11-18-15(19)14-9-8-12-6-4-5-7-13(12)10-14/h4-10H,3,11H2,1-2H3,(H,18,19)(H,20,21). The average Bonchev–Trinajstić information content (AvgIpc) is 2.51. The average molecular weight is 285 g/mol. The summed E-state index contributed by atoms with van der Waals surface area (Å²) < 4.78 is 0. The highest BCUT2D eigenvalue weighted by Crippen LogP contribution is 2.20. The zero-order valence-electron chi connectivity index (χ0n) is 12.2. The van der Waals surface area contributed by atoms with E-state index in [0.717, 1.165) is 10.8 Å². The zero-order chi connectivity index (χ0) is 15.5. The molecule has 2 aromatic carbocycles. The van der Waals surface area contributed by atoms with Crippen LogP contribution in [0.5, 0.6) is 0 Å². The molecular weight excluding hydrogens is 266 g/mol. The lowest BCUT2D eigenvalue weighted by Gasteiger charge is -2.23. The maximum absolute atomic E-state index is 12.2. The number of carbonyl (C=O) groups excluding carboxylic acids is 1. The van der Waals surface area contributed by atoms with Crippen LogP contribution in [0.3, 0.4) is 0 Å². The van der Waals surface area contributed by atoms with Gasteiger partial charge in [0.25, 0.3) is 5.91 Å². The predicted molar refractivity (Wildman–Crippen MR) is 82.3 cm³/mol. The van der Waals surface area contributed by atoms with E-state index in [0.29, 0.717) is 12.0 Å². The number of amides is 1. The fourth-order valence-electron chi connectivity index (χ4n) is 2.06. The van der Waals surface area contributed by atoms with E-state index in [9.17, 15) is 14.7 Å². The Morgan fingerprint density at radius 2 is 1.81 bits per heavy atom. The van der Waals surface area contributed by atoms with Crippen LogP contribution < -0.4 is 5.32 Å². The summed E-state index contributed by atoms with van der Waals surface area (Å²) in [4.78, 5) is 23.4. The maximum Gasteiger partial charge on any atom is 0.311 e. The molecule has 4 nitrogen and oxygen atoms in total. The Hall–Kier alpha value is -2.36. The van der Waals surface area contributed by atoms with E-state index in [-0.39, 0.29) is 12.5 Å². The van der Waals surface area contributed by atoms with Crippen molar-refractivity contribution in [3.63, 3.8) is 0 Å². The number of nitrogens with one attached hydrogen (secondary N) is 1. The van der Waals surface area contributed by atoms with Gasteiger partial charge in [-0.1, -0.05) is 37.3 Å². The van der Waals surface area contributed by atoms with Crippen molar-refractivity contribution in [2.24, 2.45) is 5.41 Å². The molecule has 110 valence electrons. The van der Waals surface area contributed by atoms with Crippen LogP contribution in [-0.4, -0.2) is 23.5 Å². The Morgan fingerprint density at radius 3 is 2.43 bits per heavy atom. The molecule has 0 radical (unpaired) electrons. The molecule has 0 fully saturated rings. The monoisotopic (exact) mass is 285 g/mol. The number of hydrogen-bond acceptors (Lipinski definition) is 2. The van der Waals surface area contributed by atoms with Crippen molar-refractivity contribution in [1.29, 1.82) is 0 Å². The third-order valence-electron chi connectivity index (χ3n) is 3.95. The summed E-state index contributed by atoms with van der Waals surface area (Å²) in [5, 5.41) is 14.0. The molecule has 0 saturated carbocycles. The number of carbonyl (C=O) groups is 2. The van der Waals surface area contributed by atoms with Gasteiger partial charge < -0.3 is 10.4 Å². The van der Waals surface area contributed by atoms with E-state index in [1.165, 1.54) is 0 Å². The molecule has 2 rings (SSSR count). The molecule has 21 heavy (non-hydrogen) atoms. The predicted octanol–water partition coefficient (Wildman–Crippen LogP) is 3.07. The minimum atomic E-state index is -0.938. The molecule has 1 atom stereocenters. The largest absolute Gasteiger partial charge is 0.481 e. The fraction of sp³-hybridized carbons (Fsp3) is 0.294. The summed E-state index contributed by atoms with van der Waals surface area (Å²) in [5.74, 6) is -1.15. The number of hydrogen-bond donors (Lipinski definition) is 2. The molecule has 0 heterocycles. The van der Waals surface area contributed by atoms with Crippen LogP contribution in [0.1, 0.15) is 30.6 Å². The van der Waals surface area contributed by atoms with Crippen molar-refractivity contribution in [1.82, 2.24) is 5.32 Å². The summed E-state index contributed by atoms with van der Waals surface area (Å²) >= 11 is 0. The molecule has 1 unspecified atom stereocenters. The summed E-state index contributed by atoms with van der Waals surface area (Å²) in [7, 11) is 0. The van der Waals surface area contributed by atoms with Gasteiger partial charge in [-0.3, -0.25) is 9.59 Å². The molecule has 0 saturated heterocycles. The first-order valence-electron chi connectivity index (χ1n) is 6.97. The van der Waals surface area contributed by atoms with Crippen molar-refractivity contribution in [2.75, 3.05) is 6.54 Å². The fourth-order valence-corrected chi connectivity index (χ4v) is 2.06. The van der Waals surface area contributed by atoms with Gasteiger partial charge in [0.05, 0.1) is 5.41 Å². The van der Waals surface area contributed by atoms with Gasteiger partial charge in [-0.15, -0.1) is 0 Å². The van der Waals surface area contributed by atoms with Gasteiger partial charge in [0.15, 0.2) is 0 Å². The lowest BCUT2D eigenvalue weighted by atomic mass is 9.87. The quantitative estimate of drug-likeness (QED) is 0.887. The van der Waals surface area contributed by atoms with Gasteiger partial charge in [0.1, 0.15) is 0 Å². The molecule has 4 heteroatoms. The lowest BCUT2D eigenvalue weighted by Crippen LogP contribution is -2.40. The Balaban J connectivity index is 2.14. The Bertz CT molecular complexity index is 681. The first-order valence-corrected chi connectivity index (χ1v) is 6.97. The van der Waals surface area contributed by atoms with Crippen molar-refractivity contribution >= 4 is 22.6 Å². The van der Waals surface area contributed by atoms with Crippen LogP contribution in [0.4, 0.5) is 0 Å². The van der Waals surface area contributed by atoms with Crippen LogP contribution >= 0.6 is 0 Å². The highest BCUT2D eigenvalue weighted by molar-refractivity contribution is 5.98. The Kier molecular flexibility index (Phi) is 4.26. The molecule has 0 aromatic heterocycles. The second-order valence-corrected chi connectivity index (χ2v) is 5.46. The van der Waals surface area contributed by atoms with E-state index in [1.54, 1.807) is 19.9 Å². The number of rotatable bonds is 5. The van der Waals surface area contributed by atoms with Crippen molar-refractivity contribution in [3.8, 4) is 0 Å². The minimum absolute atomic E-state index is 0.116. The van der Waals surface area contributed by atoms with E-state index in [1.807, 2.05) is 36.4 Å². The topological polar surface area (TPSA) is 66.4 Å². The molecule has 0 bridgehead atoms. The molecule has 0 aliphatic carbocycles. The first-order chi connectivity index (χ1) is 9.96. The second kappa shape index (κ2) is 5.95. The Morgan fingerprint density at radius 1 is 1.14 bits per heavy atom. The van der Waals surface area contributed by atoms with Gasteiger partial charge in [-0.05, 0) is 36.2 Å². The number of carboxylic acid groups (broad SMARTS) is 1. The summed E-state index contributed by atoms with van der Waals surface area (Å²) in [6.45, 7) is 3.55. The van der Waals surface area contributed by atoms with Crippen LogP contribution in [0.25, 0.3) is 10.8 Å². The van der Waals surface area contributed by atoms with E-state index in [2.05, 4.69) is 5.32 Å². The SMILES string of the molecule is CCC(C)(CNC(=O)c1ccc2ccccc2c1)C(=O)O. The molecule has 0 aliphatic rings. The molecule has 1 amide bonds. The molecule has 2 aromatic rings. The second-order valence-electron chi connectivity index (χ2n) is 5.46. The van der Waals surface area contributed by atoms with Crippen LogP contribution in [-0.2, 0) is 4.79 Å². The number of aliphatic carboxylic acids is 1. The van der Waals surface area contributed by atoms with Gasteiger partial charge >= 0.3 is 5.97 Å². The van der Waals surface area contributed by atoms with E-state index < -0.39 is 11.4 Å². The molecule has 0 aliphatic heterocycles. The maximum atomic E-state index is 12.2. The first kappa shape index (κ1) is 15.0. The van der Waals surface area contributed by atoms with Crippen molar-refractivity contribution in [2.45, 2.75) is 20.3 Å². The zero-order valence-corrected chi connectivity index (χ0v) is 12.2. The van der Waals surface area contributed by atoms with Crippen LogP contribution in [0.2, 0.25) is 0 Å². The smallest absolute Gasteiger partial charge is 0.311 e. The van der Waals surface area contributed by atoms with Crippen LogP contribution in [0, 0.1) is 5.41 Å². The van der Waals surface area contributed by atoms with Gasteiger partial charge in [0, 0.05) is 12.1 Å². The third kappa shape index (κ3) is 3.21. The van der Waals surface area contributed by atoms with Gasteiger partial charge in [0.2, 0.25) is 0 Å². The van der Waals surface area contributed by atoms with Crippen LogP contribution in [0.15, 0.2) is 42.5 Å². The van der Waals surface area contributed by atoms with E-state index in [4.69, 9.17) is 0 Å².